The summed E-state index contributed by atoms with van der Waals surface area (Å²) in [5, 5.41) is 0. The summed E-state index contributed by atoms with van der Waals surface area (Å²) in [6.45, 7) is 2.79. The van der Waals surface area contributed by atoms with E-state index in [4.69, 9.17) is 5.73 Å². The summed E-state index contributed by atoms with van der Waals surface area (Å²) < 4.78 is 12.7. The van der Waals surface area contributed by atoms with E-state index in [1.807, 2.05) is 12.1 Å². The van der Waals surface area contributed by atoms with Crippen molar-refractivity contribution in [2.45, 2.75) is 13.0 Å². The topological polar surface area (TPSA) is 29.3 Å². The normalized spacial score (nSPS) is 23.8. The molecule has 1 aromatic rings. The van der Waals surface area contributed by atoms with Gasteiger partial charge >= 0.3 is 0 Å². The van der Waals surface area contributed by atoms with E-state index >= 15 is 0 Å². The summed E-state index contributed by atoms with van der Waals surface area (Å²) in [6.07, 6.45) is 1.27. The van der Waals surface area contributed by atoms with E-state index < -0.39 is 0 Å². The number of benzene rings is 1. The van der Waals surface area contributed by atoms with Crippen molar-refractivity contribution in [1.82, 2.24) is 4.90 Å². The maximum absolute atomic E-state index is 12.7. The number of halogens is 1. The molecule has 1 fully saturated rings. The lowest BCUT2D eigenvalue weighted by atomic mass is 10.2. The molecule has 3 heteroatoms. The fourth-order valence-corrected chi connectivity index (χ4v) is 2.19. The third-order valence-electron chi connectivity index (χ3n) is 3.28. The largest absolute Gasteiger partial charge is 0.330 e. The molecule has 0 heterocycles. The molecule has 1 aromatic carbocycles. The first kappa shape index (κ1) is 11.6. The average Bonchev–Trinajstić information content (AvgIpc) is 3.00. The molecule has 1 saturated carbocycles. The molecular weight excluding hydrogens is 203 g/mol. The Hall–Kier alpha value is -0.930. The van der Waals surface area contributed by atoms with Gasteiger partial charge in [-0.2, -0.15) is 0 Å². The second-order valence-electron chi connectivity index (χ2n) is 4.81. The molecule has 88 valence electrons. The predicted octanol–water partition coefficient (Wildman–Crippen LogP) is 1.85. The van der Waals surface area contributed by atoms with Gasteiger partial charge in [0.1, 0.15) is 5.82 Å². The van der Waals surface area contributed by atoms with Crippen molar-refractivity contribution in [3.63, 3.8) is 0 Å². The van der Waals surface area contributed by atoms with Gasteiger partial charge in [0.15, 0.2) is 0 Å². The van der Waals surface area contributed by atoms with Crippen LogP contribution >= 0.6 is 0 Å². The molecule has 1 aliphatic rings. The van der Waals surface area contributed by atoms with E-state index in [0.717, 1.165) is 37.0 Å². The third-order valence-corrected chi connectivity index (χ3v) is 3.28. The van der Waals surface area contributed by atoms with E-state index in [-0.39, 0.29) is 5.82 Å². The Morgan fingerprint density at radius 1 is 1.31 bits per heavy atom. The van der Waals surface area contributed by atoms with E-state index in [0.29, 0.717) is 0 Å². The molecule has 2 atom stereocenters. The smallest absolute Gasteiger partial charge is 0.123 e. The van der Waals surface area contributed by atoms with Gasteiger partial charge in [0.05, 0.1) is 0 Å². The number of rotatable bonds is 5. The Labute approximate surface area is 96.2 Å². The van der Waals surface area contributed by atoms with Crippen LogP contribution in [0.15, 0.2) is 24.3 Å². The van der Waals surface area contributed by atoms with Gasteiger partial charge < -0.3 is 10.6 Å². The van der Waals surface area contributed by atoms with Crippen molar-refractivity contribution >= 4 is 0 Å². The minimum absolute atomic E-state index is 0.170. The molecule has 0 radical (unpaired) electrons. The number of hydrogen-bond acceptors (Lipinski definition) is 2. The molecule has 0 saturated heterocycles. The highest BCUT2D eigenvalue weighted by Crippen LogP contribution is 2.37. The van der Waals surface area contributed by atoms with E-state index in [2.05, 4.69) is 11.9 Å². The fraction of sp³-hybridized carbons (Fsp3) is 0.538. The summed E-state index contributed by atoms with van der Waals surface area (Å²) in [4.78, 5) is 2.29. The molecule has 0 spiro atoms. The van der Waals surface area contributed by atoms with Gasteiger partial charge in [0.25, 0.3) is 0 Å². The number of hydrogen-bond donors (Lipinski definition) is 1. The van der Waals surface area contributed by atoms with Gasteiger partial charge in [0.2, 0.25) is 0 Å². The van der Waals surface area contributed by atoms with Crippen LogP contribution < -0.4 is 5.73 Å². The van der Waals surface area contributed by atoms with Crippen molar-refractivity contribution < 1.29 is 4.39 Å². The SMILES string of the molecule is CN(Cc1ccc(F)cc1)CC1CC1CN. The average molecular weight is 222 g/mol. The van der Waals surface area contributed by atoms with E-state index in [1.54, 1.807) is 0 Å². The van der Waals surface area contributed by atoms with Crippen LogP contribution in [0.1, 0.15) is 12.0 Å². The number of nitrogens with zero attached hydrogens (tertiary/aromatic N) is 1. The lowest BCUT2D eigenvalue weighted by Crippen LogP contribution is -2.21. The monoisotopic (exact) mass is 222 g/mol. The maximum atomic E-state index is 12.7. The molecule has 2 N–H and O–H groups in total. The second kappa shape index (κ2) is 4.93. The van der Waals surface area contributed by atoms with Crippen molar-refractivity contribution in [3.05, 3.63) is 35.6 Å². The van der Waals surface area contributed by atoms with Crippen LogP contribution in [0.3, 0.4) is 0 Å². The highest BCUT2D eigenvalue weighted by Gasteiger charge is 2.35. The van der Waals surface area contributed by atoms with Crippen molar-refractivity contribution in [3.8, 4) is 0 Å². The molecule has 2 unspecified atom stereocenters. The first-order valence-corrected chi connectivity index (χ1v) is 5.82. The van der Waals surface area contributed by atoms with Gasteiger partial charge in [-0.05, 0) is 49.5 Å². The minimum Gasteiger partial charge on any atom is -0.330 e. The maximum Gasteiger partial charge on any atom is 0.123 e. The molecule has 0 aliphatic heterocycles. The van der Waals surface area contributed by atoms with Gasteiger partial charge in [-0.25, -0.2) is 4.39 Å². The van der Waals surface area contributed by atoms with Gasteiger partial charge in [0, 0.05) is 13.1 Å². The van der Waals surface area contributed by atoms with E-state index in [1.165, 1.54) is 18.6 Å². The molecule has 2 nitrogen and oxygen atoms in total. The third kappa shape index (κ3) is 3.03. The van der Waals surface area contributed by atoms with Gasteiger partial charge in [-0.3, -0.25) is 0 Å². The molecule has 1 aliphatic carbocycles. The zero-order chi connectivity index (χ0) is 11.5. The number of nitrogens with two attached hydrogens (primary N) is 1. The minimum atomic E-state index is -0.170. The molecule has 0 amide bonds. The molecule has 16 heavy (non-hydrogen) atoms. The summed E-state index contributed by atoms with van der Waals surface area (Å²) >= 11 is 0. The van der Waals surface area contributed by atoms with Gasteiger partial charge in [-0.15, -0.1) is 0 Å². The summed E-state index contributed by atoms with van der Waals surface area (Å²) in [7, 11) is 2.11. The molecule has 0 aromatic heterocycles. The van der Waals surface area contributed by atoms with Crippen LogP contribution in [0.2, 0.25) is 0 Å². The highest BCUT2D eigenvalue weighted by molar-refractivity contribution is 5.15. The fourth-order valence-electron chi connectivity index (χ4n) is 2.19. The second-order valence-corrected chi connectivity index (χ2v) is 4.81. The summed E-state index contributed by atoms with van der Waals surface area (Å²) in [6, 6.07) is 6.73. The Morgan fingerprint density at radius 2 is 2.00 bits per heavy atom. The predicted molar refractivity (Wildman–Crippen MR) is 63.4 cm³/mol. The highest BCUT2D eigenvalue weighted by atomic mass is 19.1. The Bertz CT molecular complexity index is 336. The zero-order valence-electron chi connectivity index (χ0n) is 9.70. The van der Waals surface area contributed by atoms with Crippen LogP contribution in [0.25, 0.3) is 0 Å². The molecule has 2 rings (SSSR count). The van der Waals surface area contributed by atoms with Crippen LogP contribution in [-0.4, -0.2) is 25.0 Å². The lowest BCUT2D eigenvalue weighted by molar-refractivity contribution is 0.306. The summed E-state index contributed by atoms with van der Waals surface area (Å²) in [5.41, 5.74) is 6.77. The van der Waals surface area contributed by atoms with Crippen LogP contribution in [-0.2, 0) is 6.54 Å². The first-order valence-electron chi connectivity index (χ1n) is 5.82. The lowest BCUT2D eigenvalue weighted by Gasteiger charge is -2.16. The Balaban J connectivity index is 1.79. The van der Waals surface area contributed by atoms with Crippen LogP contribution in [0, 0.1) is 17.7 Å². The van der Waals surface area contributed by atoms with Crippen LogP contribution in [0.4, 0.5) is 4.39 Å². The zero-order valence-corrected chi connectivity index (χ0v) is 9.70. The standard InChI is InChI=1S/C13H19FN2/c1-16(9-12-6-11(12)7-15)8-10-2-4-13(14)5-3-10/h2-5,11-12H,6-9,15H2,1H3. The quantitative estimate of drug-likeness (QED) is 0.824. The summed E-state index contributed by atoms with van der Waals surface area (Å²) in [5.74, 6) is 1.34. The van der Waals surface area contributed by atoms with Crippen molar-refractivity contribution in [1.29, 1.82) is 0 Å². The molecular formula is C13H19FN2. The van der Waals surface area contributed by atoms with Crippen molar-refractivity contribution in [2.75, 3.05) is 20.1 Å². The van der Waals surface area contributed by atoms with E-state index in [9.17, 15) is 4.39 Å². The Morgan fingerprint density at radius 3 is 2.56 bits per heavy atom. The van der Waals surface area contributed by atoms with Crippen molar-refractivity contribution in [2.24, 2.45) is 17.6 Å². The Kier molecular flexibility index (Phi) is 3.56. The van der Waals surface area contributed by atoms with Crippen LogP contribution in [0.5, 0.6) is 0 Å². The molecule has 0 bridgehead atoms. The van der Waals surface area contributed by atoms with Gasteiger partial charge in [-0.1, -0.05) is 12.1 Å². The first-order chi connectivity index (χ1) is 7.69.